The number of benzene rings is 1. The summed E-state index contributed by atoms with van der Waals surface area (Å²) in [4.78, 5) is 24.2. The van der Waals surface area contributed by atoms with Gasteiger partial charge in [0, 0.05) is 25.0 Å². The molecule has 2 aliphatic heterocycles. The molecule has 0 bridgehead atoms. The predicted octanol–water partition coefficient (Wildman–Crippen LogP) is 5.09. The van der Waals surface area contributed by atoms with Crippen LogP contribution in [0.15, 0.2) is 30.9 Å². The number of H-pyrrole nitrogens is 1. The van der Waals surface area contributed by atoms with Gasteiger partial charge < -0.3 is 24.9 Å². The average molecular weight is 601 g/mol. The van der Waals surface area contributed by atoms with Crippen LogP contribution in [0, 0.1) is 5.92 Å². The quantitative estimate of drug-likeness (QED) is 0.270. The maximum atomic E-state index is 6.73. The first kappa shape index (κ1) is 28.4. The molecule has 3 aromatic heterocycles. The van der Waals surface area contributed by atoms with Crippen LogP contribution in [0.2, 0.25) is 0 Å². The Labute approximate surface area is 257 Å². The van der Waals surface area contributed by atoms with Crippen LogP contribution in [0.25, 0.3) is 22.2 Å². The molecule has 2 saturated heterocycles. The van der Waals surface area contributed by atoms with E-state index in [0.29, 0.717) is 35.0 Å². The van der Waals surface area contributed by atoms with E-state index in [1.54, 1.807) is 6.33 Å². The second-order valence-corrected chi connectivity index (χ2v) is 14.1. The van der Waals surface area contributed by atoms with Crippen molar-refractivity contribution in [2.75, 3.05) is 12.3 Å². The molecule has 1 aromatic carbocycles. The van der Waals surface area contributed by atoms with Crippen LogP contribution in [0.5, 0.6) is 0 Å². The van der Waals surface area contributed by atoms with Crippen LogP contribution >= 0.6 is 0 Å². The molecule has 4 atom stereocenters. The van der Waals surface area contributed by atoms with Gasteiger partial charge in [-0.05, 0) is 89.3 Å². The summed E-state index contributed by atoms with van der Waals surface area (Å²) in [6.07, 6.45) is 10.7. The summed E-state index contributed by atoms with van der Waals surface area (Å²) in [5.74, 6) is 2.22. The maximum Gasteiger partial charge on any atom is 0.167 e. The topological polar surface area (TPSA) is 129 Å². The Morgan fingerprint density at radius 1 is 1.11 bits per heavy atom. The molecule has 234 valence electrons. The van der Waals surface area contributed by atoms with E-state index < -0.39 is 12.0 Å². The van der Waals surface area contributed by atoms with Crippen LogP contribution in [-0.2, 0) is 20.6 Å². The monoisotopic (exact) mass is 600 g/mol. The van der Waals surface area contributed by atoms with Crippen molar-refractivity contribution in [2.24, 2.45) is 5.92 Å². The van der Waals surface area contributed by atoms with E-state index in [1.165, 1.54) is 44.0 Å². The third-order valence-electron chi connectivity index (χ3n) is 10.4. The third kappa shape index (κ3) is 4.98. The van der Waals surface area contributed by atoms with Gasteiger partial charge in [0.25, 0.3) is 0 Å². The first-order valence-corrected chi connectivity index (χ1v) is 16.4. The van der Waals surface area contributed by atoms with Gasteiger partial charge in [-0.3, -0.25) is 9.47 Å². The van der Waals surface area contributed by atoms with Crippen molar-refractivity contribution < 1.29 is 14.2 Å². The fourth-order valence-corrected chi connectivity index (χ4v) is 7.81. The van der Waals surface area contributed by atoms with Crippen LogP contribution < -0.4 is 5.73 Å². The highest BCUT2D eigenvalue weighted by atomic mass is 16.8. The molecule has 4 aliphatic rings. The van der Waals surface area contributed by atoms with E-state index in [2.05, 4.69) is 56.9 Å². The van der Waals surface area contributed by atoms with Gasteiger partial charge in [-0.2, -0.15) is 0 Å². The first-order valence-electron chi connectivity index (χ1n) is 16.4. The molecule has 0 spiro atoms. The minimum absolute atomic E-state index is 0.148. The zero-order valence-electron chi connectivity index (χ0n) is 26.1. The summed E-state index contributed by atoms with van der Waals surface area (Å²) in [6, 6.07) is 7.73. The third-order valence-corrected chi connectivity index (χ3v) is 10.4. The molecule has 8 rings (SSSR count). The predicted molar refractivity (Wildman–Crippen MR) is 167 cm³/mol. The van der Waals surface area contributed by atoms with Gasteiger partial charge in [0.1, 0.15) is 36.0 Å². The molecule has 2 saturated carbocycles. The molecule has 0 unspecified atom stereocenters. The second kappa shape index (κ2) is 10.8. The van der Waals surface area contributed by atoms with Crippen LogP contribution in [0.4, 0.5) is 5.82 Å². The lowest BCUT2D eigenvalue weighted by Gasteiger charge is -2.46. The fraction of sp³-hybridized carbons (Fsp3) is 0.636. The zero-order chi connectivity index (χ0) is 30.2. The van der Waals surface area contributed by atoms with Crippen molar-refractivity contribution >= 4 is 28.0 Å². The number of nitrogens with two attached hydrogens (primary N) is 1. The standard InChI is InChI=1S/C33H44N8O3/c1-18(2)40(22-12-19(13-22)8-11-26-38-23-10-9-21(14-24(23)39-26)20-6-5-7-20)15-25-28-29(44-33(3,4)43-28)32(42-25)41-17-37-27-30(34)35-16-36-31(27)41/h9-10,14,16-20,22,25,28-29,32H,5-8,11-13,15H2,1-4H3,(H,38,39)(H2,34,35,36)/t19?,22?,25-,28-,29-,32-/m1/s1. The number of rotatable bonds is 9. The molecule has 44 heavy (non-hydrogen) atoms. The Morgan fingerprint density at radius 3 is 2.70 bits per heavy atom. The number of nitrogens with zero attached hydrogens (tertiary/aromatic N) is 6. The van der Waals surface area contributed by atoms with E-state index in [-0.39, 0.29) is 18.3 Å². The Kier molecular flexibility index (Phi) is 6.93. The van der Waals surface area contributed by atoms with Crippen molar-refractivity contribution in [1.82, 2.24) is 34.4 Å². The van der Waals surface area contributed by atoms with Gasteiger partial charge >= 0.3 is 0 Å². The smallest absolute Gasteiger partial charge is 0.167 e. The summed E-state index contributed by atoms with van der Waals surface area (Å²) >= 11 is 0. The minimum Gasteiger partial charge on any atom is -0.382 e. The van der Waals surface area contributed by atoms with Gasteiger partial charge in [0.2, 0.25) is 0 Å². The van der Waals surface area contributed by atoms with E-state index in [4.69, 9.17) is 24.9 Å². The lowest BCUT2D eigenvalue weighted by atomic mass is 9.76. The van der Waals surface area contributed by atoms with Crippen molar-refractivity contribution in [3.63, 3.8) is 0 Å². The van der Waals surface area contributed by atoms with Gasteiger partial charge in [-0.15, -0.1) is 0 Å². The summed E-state index contributed by atoms with van der Waals surface area (Å²) < 4.78 is 21.5. The van der Waals surface area contributed by atoms with E-state index >= 15 is 0 Å². The molecule has 5 heterocycles. The van der Waals surface area contributed by atoms with Crippen LogP contribution in [-0.4, -0.2) is 77.1 Å². The average Bonchev–Trinajstić information content (AvgIpc) is 3.68. The summed E-state index contributed by atoms with van der Waals surface area (Å²) in [6.45, 7) is 9.28. The number of nitrogen functional groups attached to an aromatic ring is 1. The molecular formula is C33H44N8O3. The Morgan fingerprint density at radius 2 is 1.93 bits per heavy atom. The number of fused-ring (bicyclic) bond motifs is 3. The number of aryl methyl sites for hydroxylation is 1. The molecule has 0 radical (unpaired) electrons. The van der Waals surface area contributed by atoms with Gasteiger partial charge in [-0.1, -0.05) is 12.5 Å². The van der Waals surface area contributed by atoms with E-state index in [9.17, 15) is 0 Å². The fourth-order valence-electron chi connectivity index (χ4n) is 7.81. The molecule has 2 aliphatic carbocycles. The lowest BCUT2D eigenvalue weighted by molar-refractivity contribution is -0.199. The SMILES string of the molecule is CC(C)N(C[C@H]1O[C@@H](n2cnc3c(N)ncnc32)[C@@H]2OC(C)(C)O[C@@H]21)C1CC(CCc2nc3cc(C4CCC4)ccc3[nH]2)C1. The van der Waals surface area contributed by atoms with Gasteiger partial charge in [-0.25, -0.2) is 19.9 Å². The number of aromatic amines is 1. The van der Waals surface area contributed by atoms with E-state index in [1.807, 2.05) is 18.4 Å². The number of ether oxygens (including phenoxy) is 3. The van der Waals surface area contributed by atoms with Crippen LogP contribution in [0.3, 0.4) is 0 Å². The lowest BCUT2D eigenvalue weighted by Crippen LogP contribution is -2.52. The van der Waals surface area contributed by atoms with Gasteiger partial charge in [0.05, 0.1) is 17.4 Å². The van der Waals surface area contributed by atoms with E-state index in [0.717, 1.165) is 42.2 Å². The normalized spacial score (nSPS) is 30.0. The van der Waals surface area contributed by atoms with Crippen molar-refractivity contribution in [2.45, 2.75) is 121 Å². The van der Waals surface area contributed by atoms with Crippen molar-refractivity contribution in [3.8, 4) is 0 Å². The largest absolute Gasteiger partial charge is 0.382 e. The molecular weight excluding hydrogens is 556 g/mol. The Hall–Kier alpha value is -3.12. The molecule has 11 nitrogen and oxygen atoms in total. The number of anilines is 1. The Bertz CT molecular complexity index is 1660. The highest BCUT2D eigenvalue weighted by Crippen LogP contribution is 2.45. The molecule has 0 amide bonds. The molecule has 3 N–H and O–H groups in total. The Balaban J connectivity index is 0.919. The maximum absolute atomic E-state index is 6.73. The first-order chi connectivity index (χ1) is 21.2. The second-order valence-electron chi connectivity index (χ2n) is 14.1. The summed E-state index contributed by atoms with van der Waals surface area (Å²) in [7, 11) is 0. The molecule has 11 heteroatoms. The zero-order valence-corrected chi connectivity index (χ0v) is 26.1. The summed E-state index contributed by atoms with van der Waals surface area (Å²) in [5.41, 5.74) is 11.0. The van der Waals surface area contributed by atoms with Crippen molar-refractivity contribution in [1.29, 1.82) is 0 Å². The number of hydrogen-bond donors (Lipinski definition) is 2. The highest BCUT2D eigenvalue weighted by Gasteiger charge is 2.57. The van der Waals surface area contributed by atoms with Crippen molar-refractivity contribution in [3.05, 3.63) is 42.2 Å². The van der Waals surface area contributed by atoms with Crippen LogP contribution in [0.1, 0.15) is 89.8 Å². The molecule has 4 fully saturated rings. The number of hydrogen-bond acceptors (Lipinski definition) is 9. The van der Waals surface area contributed by atoms with Gasteiger partial charge in [0.15, 0.2) is 23.5 Å². The number of nitrogens with one attached hydrogen (secondary N) is 1. The highest BCUT2D eigenvalue weighted by molar-refractivity contribution is 5.81. The minimum atomic E-state index is -0.695. The number of aromatic nitrogens is 6. The summed E-state index contributed by atoms with van der Waals surface area (Å²) in [5, 5.41) is 0. The molecule has 4 aromatic rings. The number of imidazole rings is 2.